The second-order valence-corrected chi connectivity index (χ2v) is 8.60. The van der Waals surface area contributed by atoms with Crippen LogP contribution in [0.5, 0.6) is 5.75 Å². The van der Waals surface area contributed by atoms with Gasteiger partial charge in [-0.05, 0) is 37.1 Å². The molecule has 4 heterocycles. The van der Waals surface area contributed by atoms with Crippen LogP contribution in [0.2, 0.25) is 0 Å². The van der Waals surface area contributed by atoms with E-state index in [0.717, 1.165) is 5.39 Å². The summed E-state index contributed by atoms with van der Waals surface area (Å²) in [5.74, 6) is 0.913. The molecule has 180 valence electrons. The summed E-state index contributed by atoms with van der Waals surface area (Å²) in [4.78, 5) is 5.91. The third-order valence-corrected chi connectivity index (χ3v) is 6.03. The molecule has 1 N–H and O–H groups in total. The van der Waals surface area contributed by atoms with Crippen LogP contribution in [0.3, 0.4) is 0 Å². The van der Waals surface area contributed by atoms with Gasteiger partial charge < -0.3 is 9.84 Å². The summed E-state index contributed by atoms with van der Waals surface area (Å²) in [6.07, 6.45) is -2.83. The van der Waals surface area contributed by atoms with E-state index in [2.05, 4.69) is 15.2 Å². The smallest absolute Gasteiger partial charge is 0.408 e. The van der Waals surface area contributed by atoms with E-state index < -0.39 is 17.8 Å². The Morgan fingerprint density at radius 3 is 2.59 bits per heavy atom. The molecule has 0 radical (unpaired) electrons. The maximum absolute atomic E-state index is 14.1. The van der Waals surface area contributed by atoms with Gasteiger partial charge in [-0.2, -0.15) is 13.2 Å². The molecule has 34 heavy (non-hydrogen) atoms. The lowest BCUT2D eigenvalue weighted by Gasteiger charge is -2.30. The molecule has 0 saturated carbocycles. The first-order valence-corrected chi connectivity index (χ1v) is 10.5. The zero-order valence-corrected chi connectivity index (χ0v) is 19.3. The number of β-amino-alcohol motifs (C(OH)–C–C–N with tert-alkyl or cyclic N) is 1. The Labute approximate surface area is 199 Å². The number of likely N-dealkylation sites (tertiary alicyclic amines) is 1. The van der Waals surface area contributed by atoms with E-state index in [4.69, 9.17) is 4.74 Å². The van der Waals surface area contributed by atoms with Gasteiger partial charge in [0.05, 0.1) is 12.7 Å². The number of fused-ring (bicyclic) bond motifs is 2. The van der Waals surface area contributed by atoms with Gasteiger partial charge in [0.1, 0.15) is 23.0 Å². The fraction of sp³-hybridized carbons (Fsp3) is 0.348. The number of para-hydroxylation sites is 1. The molecule has 0 bridgehead atoms. The Morgan fingerprint density at radius 1 is 1.12 bits per heavy atom. The molecule has 0 spiro atoms. The number of methoxy groups -OCH3 is 1. The number of rotatable bonds is 4. The highest BCUT2D eigenvalue weighted by Gasteiger charge is 2.48. The highest BCUT2D eigenvalue weighted by molar-refractivity contribution is 5.86. The van der Waals surface area contributed by atoms with Crippen molar-refractivity contribution in [1.29, 1.82) is 0 Å². The van der Waals surface area contributed by atoms with E-state index >= 15 is 0 Å². The molecule has 7 nitrogen and oxygen atoms in total. The van der Waals surface area contributed by atoms with Crippen LogP contribution in [0.25, 0.3) is 28.1 Å². The number of aromatic nitrogens is 4. The molecule has 5 rings (SSSR count). The van der Waals surface area contributed by atoms with Gasteiger partial charge in [-0.25, -0.2) is 4.98 Å². The number of alkyl halides is 3. The fourth-order valence-electron chi connectivity index (χ4n) is 4.46. The van der Waals surface area contributed by atoms with Crippen molar-refractivity contribution >= 4 is 29.0 Å². The minimum absolute atomic E-state index is 0. The molecule has 4 aromatic rings. The third-order valence-electron chi connectivity index (χ3n) is 6.03. The van der Waals surface area contributed by atoms with Crippen molar-refractivity contribution in [3.05, 3.63) is 54.2 Å². The van der Waals surface area contributed by atoms with Gasteiger partial charge in [0.2, 0.25) is 0 Å². The second kappa shape index (κ2) is 8.68. The van der Waals surface area contributed by atoms with E-state index in [9.17, 15) is 18.3 Å². The standard InChI is InChI=1S/C23H22F3N5O2.ClH/c1-22(32)10-11-30(13-22)20(23(24,25)26)15-7-9-18-28-29-21(31(18)12-15)16-8-6-14-4-3-5-17(33-2)19(14)27-16;/h3-9,12,20,32H,10-11,13H2,1-2H3;1H/t20-,22?;/m1./s1. The van der Waals surface area contributed by atoms with Crippen LogP contribution >= 0.6 is 12.4 Å². The van der Waals surface area contributed by atoms with Crippen molar-refractivity contribution in [2.45, 2.75) is 31.2 Å². The Morgan fingerprint density at radius 2 is 1.91 bits per heavy atom. The Balaban J connectivity index is 0.00000274. The fourth-order valence-corrected chi connectivity index (χ4v) is 4.46. The van der Waals surface area contributed by atoms with Gasteiger partial charge in [0.25, 0.3) is 0 Å². The van der Waals surface area contributed by atoms with E-state index in [-0.39, 0.29) is 37.5 Å². The van der Waals surface area contributed by atoms with Gasteiger partial charge in [-0.1, -0.05) is 24.3 Å². The lowest BCUT2D eigenvalue weighted by molar-refractivity contribution is -0.185. The van der Waals surface area contributed by atoms with Gasteiger partial charge >= 0.3 is 6.18 Å². The molecule has 1 saturated heterocycles. The second-order valence-electron chi connectivity index (χ2n) is 8.60. The number of halogens is 4. The molecule has 11 heteroatoms. The third kappa shape index (κ3) is 4.28. The minimum atomic E-state index is -4.52. The van der Waals surface area contributed by atoms with Gasteiger partial charge in [-0.3, -0.25) is 9.30 Å². The molecule has 1 aromatic carbocycles. The Bertz CT molecular complexity index is 1340. The molecule has 1 fully saturated rings. The number of aliphatic hydroxyl groups is 1. The van der Waals surface area contributed by atoms with E-state index in [1.54, 1.807) is 26.2 Å². The number of ether oxygens (including phenoxy) is 1. The maximum Gasteiger partial charge on any atom is 0.408 e. The predicted octanol–water partition coefficient (Wildman–Crippen LogP) is 4.44. The highest BCUT2D eigenvalue weighted by Crippen LogP contribution is 2.41. The monoisotopic (exact) mass is 493 g/mol. The molecule has 1 aliphatic heterocycles. The lowest BCUT2D eigenvalue weighted by Crippen LogP contribution is -2.39. The lowest BCUT2D eigenvalue weighted by atomic mass is 10.1. The molecule has 3 aromatic heterocycles. The SMILES string of the molecule is COc1cccc2ccc(-c3nnc4ccc([C@@H](N5CCC(C)(O)C5)C(F)(F)F)cn34)nc12.Cl. The zero-order valence-electron chi connectivity index (χ0n) is 18.5. The van der Waals surface area contributed by atoms with E-state index in [1.807, 2.05) is 18.2 Å². The van der Waals surface area contributed by atoms with Crippen LogP contribution in [0, 0.1) is 0 Å². The number of pyridine rings is 2. The predicted molar refractivity (Wildman–Crippen MR) is 123 cm³/mol. The average molecular weight is 494 g/mol. The molecular weight excluding hydrogens is 471 g/mol. The zero-order chi connectivity index (χ0) is 23.4. The van der Waals surface area contributed by atoms with E-state index in [1.165, 1.54) is 27.6 Å². The number of hydrogen-bond donors (Lipinski definition) is 1. The summed E-state index contributed by atoms with van der Waals surface area (Å²) >= 11 is 0. The van der Waals surface area contributed by atoms with Crippen molar-refractivity contribution in [2.24, 2.45) is 0 Å². The normalized spacial score (nSPS) is 19.9. The minimum Gasteiger partial charge on any atom is -0.494 e. The summed E-state index contributed by atoms with van der Waals surface area (Å²) in [6.45, 7) is 1.65. The first kappa shape index (κ1) is 24.2. The molecule has 1 aliphatic rings. The number of hydrogen-bond acceptors (Lipinski definition) is 6. The molecular formula is C23H23ClF3N5O2. The highest BCUT2D eigenvalue weighted by atomic mass is 35.5. The quantitative estimate of drug-likeness (QED) is 0.453. The van der Waals surface area contributed by atoms with Crippen LogP contribution in [0.4, 0.5) is 13.2 Å². The first-order chi connectivity index (χ1) is 15.7. The van der Waals surface area contributed by atoms with Crippen molar-refractivity contribution in [3.8, 4) is 17.3 Å². The summed E-state index contributed by atoms with van der Waals surface area (Å²) in [6, 6.07) is 10.2. The first-order valence-electron chi connectivity index (χ1n) is 10.5. The molecule has 2 atom stereocenters. The summed E-state index contributed by atoms with van der Waals surface area (Å²) in [5.41, 5.74) is 0.392. The van der Waals surface area contributed by atoms with Gasteiger partial charge in [0, 0.05) is 24.7 Å². The van der Waals surface area contributed by atoms with Crippen LogP contribution < -0.4 is 4.74 Å². The summed E-state index contributed by atoms with van der Waals surface area (Å²) in [5, 5.41) is 19.4. The van der Waals surface area contributed by atoms with Crippen molar-refractivity contribution < 1.29 is 23.0 Å². The van der Waals surface area contributed by atoms with Crippen LogP contribution in [-0.2, 0) is 0 Å². The van der Waals surface area contributed by atoms with Crippen molar-refractivity contribution in [1.82, 2.24) is 24.5 Å². The van der Waals surface area contributed by atoms with Gasteiger partial charge in [-0.15, -0.1) is 22.6 Å². The topological polar surface area (TPSA) is 75.8 Å². The van der Waals surface area contributed by atoms with Crippen LogP contribution in [-0.4, -0.2) is 61.6 Å². The summed E-state index contributed by atoms with van der Waals surface area (Å²) in [7, 11) is 1.55. The average Bonchev–Trinajstić information content (AvgIpc) is 3.34. The maximum atomic E-state index is 14.1. The molecule has 0 aliphatic carbocycles. The Hall–Kier alpha value is -2.95. The van der Waals surface area contributed by atoms with Gasteiger partial charge in [0.15, 0.2) is 11.5 Å². The largest absolute Gasteiger partial charge is 0.494 e. The van der Waals surface area contributed by atoms with E-state index in [0.29, 0.717) is 28.4 Å². The number of benzene rings is 1. The summed E-state index contributed by atoms with van der Waals surface area (Å²) < 4.78 is 49.3. The van der Waals surface area contributed by atoms with Crippen LogP contribution in [0.1, 0.15) is 24.9 Å². The number of nitrogens with zero attached hydrogens (tertiary/aromatic N) is 5. The van der Waals surface area contributed by atoms with Crippen molar-refractivity contribution in [3.63, 3.8) is 0 Å². The Kier molecular flexibility index (Phi) is 6.17. The van der Waals surface area contributed by atoms with Crippen LogP contribution in [0.15, 0.2) is 48.7 Å². The van der Waals surface area contributed by atoms with Crippen molar-refractivity contribution in [2.75, 3.05) is 20.2 Å². The molecule has 1 unspecified atom stereocenters. The molecule has 0 amide bonds.